The molecule has 1 atom stereocenters. The fourth-order valence-electron chi connectivity index (χ4n) is 3.04. The monoisotopic (exact) mass is 236 g/mol. The third kappa shape index (κ3) is 1.77. The van der Waals surface area contributed by atoms with Crippen LogP contribution in [0.2, 0.25) is 0 Å². The topological polar surface area (TPSA) is 0 Å². The number of benzene rings is 2. The molecule has 3 rings (SSSR count). The standard InChI is InChI=1S/C18H20/c1-11-5-14(4)18-10-16-8-13(3)12(2)7-15(16)9-17(18)6-11/h5-6,8-10,12H,7H2,1-4H3. The second-order valence-electron chi connectivity index (χ2n) is 5.85. The summed E-state index contributed by atoms with van der Waals surface area (Å²) >= 11 is 0. The molecule has 1 unspecified atom stereocenters. The normalized spacial score (nSPS) is 18.7. The molecule has 0 heterocycles. The van der Waals surface area contributed by atoms with Gasteiger partial charge in [0.25, 0.3) is 0 Å². The lowest BCUT2D eigenvalue weighted by Crippen LogP contribution is -2.08. The molecule has 0 bridgehead atoms. The zero-order valence-corrected chi connectivity index (χ0v) is 11.7. The number of hydrogen-bond acceptors (Lipinski definition) is 0. The Morgan fingerprint density at radius 2 is 1.78 bits per heavy atom. The van der Waals surface area contributed by atoms with Gasteiger partial charge >= 0.3 is 0 Å². The second kappa shape index (κ2) is 3.98. The zero-order chi connectivity index (χ0) is 12.9. The first kappa shape index (κ1) is 11.5. The van der Waals surface area contributed by atoms with Crippen molar-refractivity contribution in [3.63, 3.8) is 0 Å². The van der Waals surface area contributed by atoms with Crippen LogP contribution in [0, 0.1) is 19.8 Å². The molecule has 0 aromatic heterocycles. The maximum atomic E-state index is 2.39. The Morgan fingerprint density at radius 1 is 1.00 bits per heavy atom. The number of rotatable bonds is 0. The molecule has 2 aromatic carbocycles. The van der Waals surface area contributed by atoms with Gasteiger partial charge < -0.3 is 0 Å². The zero-order valence-electron chi connectivity index (χ0n) is 11.7. The maximum absolute atomic E-state index is 2.39. The van der Waals surface area contributed by atoms with Gasteiger partial charge in [-0.3, -0.25) is 0 Å². The van der Waals surface area contributed by atoms with Crippen molar-refractivity contribution < 1.29 is 0 Å². The molecule has 2 aromatic rings. The van der Waals surface area contributed by atoms with Crippen LogP contribution in [0.1, 0.15) is 36.1 Å². The van der Waals surface area contributed by atoms with Crippen LogP contribution < -0.4 is 0 Å². The minimum atomic E-state index is 0.681. The number of hydrogen-bond donors (Lipinski definition) is 0. The van der Waals surface area contributed by atoms with Gasteiger partial charge in [-0.1, -0.05) is 42.3 Å². The summed E-state index contributed by atoms with van der Waals surface area (Å²) in [7, 11) is 0. The highest BCUT2D eigenvalue weighted by atomic mass is 14.2. The van der Waals surface area contributed by atoms with E-state index in [4.69, 9.17) is 0 Å². The highest BCUT2D eigenvalue weighted by molar-refractivity contribution is 5.89. The maximum Gasteiger partial charge on any atom is -0.0148 e. The summed E-state index contributed by atoms with van der Waals surface area (Å²) in [6.45, 7) is 8.96. The van der Waals surface area contributed by atoms with Crippen molar-refractivity contribution >= 4 is 16.8 Å². The Morgan fingerprint density at radius 3 is 2.56 bits per heavy atom. The van der Waals surface area contributed by atoms with Crippen molar-refractivity contribution in [3.8, 4) is 0 Å². The number of allylic oxidation sites excluding steroid dienone is 1. The summed E-state index contributed by atoms with van der Waals surface area (Å²) in [5.41, 5.74) is 7.18. The Balaban J connectivity index is 2.30. The second-order valence-corrected chi connectivity index (χ2v) is 5.85. The third-order valence-electron chi connectivity index (χ3n) is 4.25. The summed E-state index contributed by atoms with van der Waals surface area (Å²) < 4.78 is 0. The van der Waals surface area contributed by atoms with E-state index >= 15 is 0 Å². The molecule has 1 aliphatic rings. The molecule has 0 fully saturated rings. The van der Waals surface area contributed by atoms with E-state index in [0.29, 0.717) is 5.92 Å². The molecule has 1 aliphatic carbocycles. The van der Waals surface area contributed by atoms with E-state index in [9.17, 15) is 0 Å². The van der Waals surface area contributed by atoms with E-state index in [0.717, 1.165) is 0 Å². The largest absolute Gasteiger partial charge is 0.0696 e. The quantitative estimate of drug-likeness (QED) is 0.600. The van der Waals surface area contributed by atoms with Crippen LogP contribution in [0.25, 0.3) is 16.8 Å². The van der Waals surface area contributed by atoms with E-state index in [1.54, 1.807) is 0 Å². The lowest BCUT2D eigenvalue weighted by Gasteiger charge is -2.21. The van der Waals surface area contributed by atoms with E-state index < -0.39 is 0 Å². The molecule has 0 aliphatic heterocycles. The summed E-state index contributed by atoms with van der Waals surface area (Å²) in [6, 6.07) is 9.34. The summed E-state index contributed by atoms with van der Waals surface area (Å²) in [6.07, 6.45) is 3.54. The Bertz CT molecular complexity index is 659. The molecule has 0 spiro atoms. The van der Waals surface area contributed by atoms with E-state index in [1.807, 2.05) is 0 Å². The van der Waals surface area contributed by atoms with Crippen molar-refractivity contribution in [1.29, 1.82) is 0 Å². The lowest BCUT2D eigenvalue weighted by molar-refractivity contribution is 0.673. The van der Waals surface area contributed by atoms with Crippen molar-refractivity contribution in [2.24, 2.45) is 5.92 Å². The van der Waals surface area contributed by atoms with E-state index in [-0.39, 0.29) is 0 Å². The van der Waals surface area contributed by atoms with Crippen molar-refractivity contribution in [2.75, 3.05) is 0 Å². The molecule has 0 N–H and O–H groups in total. The average Bonchev–Trinajstić information content (AvgIpc) is 2.29. The van der Waals surface area contributed by atoms with Gasteiger partial charge in [-0.05, 0) is 66.6 Å². The van der Waals surface area contributed by atoms with Gasteiger partial charge in [0.1, 0.15) is 0 Å². The van der Waals surface area contributed by atoms with Gasteiger partial charge in [-0.2, -0.15) is 0 Å². The Labute approximate surface area is 109 Å². The molecule has 0 radical (unpaired) electrons. The van der Waals surface area contributed by atoms with Gasteiger partial charge in [0.15, 0.2) is 0 Å². The molecule has 0 saturated heterocycles. The van der Waals surface area contributed by atoms with Crippen LogP contribution in [-0.2, 0) is 6.42 Å². The van der Waals surface area contributed by atoms with E-state index in [1.165, 1.54) is 45.0 Å². The minimum absolute atomic E-state index is 0.681. The lowest BCUT2D eigenvalue weighted by atomic mass is 9.83. The molecular weight excluding hydrogens is 216 g/mol. The Hall–Kier alpha value is -1.56. The van der Waals surface area contributed by atoms with Gasteiger partial charge in [-0.25, -0.2) is 0 Å². The van der Waals surface area contributed by atoms with Crippen molar-refractivity contribution in [3.05, 3.63) is 52.1 Å². The highest BCUT2D eigenvalue weighted by Gasteiger charge is 2.15. The smallest absolute Gasteiger partial charge is 0.0148 e. The number of fused-ring (bicyclic) bond motifs is 2. The molecule has 0 saturated carbocycles. The van der Waals surface area contributed by atoms with Crippen LogP contribution in [0.3, 0.4) is 0 Å². The van der Waals surface area contributed by atoms with E-state index in [2.05, 4.69) is 58.0 Å². The van der Waals surface area contributed by atoms with Crippen molar-refractivity contribution in [2.45, 2.75) is 34.1 Å². The van der Waals surface area contributed by atoms with Gasteiger partial charge in [-0.15, -0.1) is 0 Å². The first-order chi connectivity index (χ1) is 8.54. The minimum Gasteiger partial charge on any atom is -0.0696 e. The molecule has 92 valence electrons. The average molecular weight is 236 g/mol. The predicted octanol–water partition coefficient (Wildman–Crippen LogP) is 5.05. The summed E-state index contributed by atoms with van der Waals surface area (Å²) in [5, 5.41) is 2.80. The van der Waals surface area contributed by atoms with Crippen LogP contribution >= 0.6 is 0 Å². The fraction of sp³-hybridized carbons (Fsp3) is 0.333. The van der Waals surface area contributed by atoms with Crippen LogP contribution in [0.5, 0.6) is 0 Å². The fourth-order valence-corrected chi connectivity index (χ4v) is 3.04. The highest BCUT2D eigenvalue weighted by Crippen LogP contribution is 2.32. The summed E-state index contributed by atoms with van der Waals surface area (Å²) in [4.78, 5) is 0. The molecule has 0 nitrogen and oxygen atoms in total. The number of aryl methyl sites for hydroxylation is 2. The predicted molar refractivity (Wildman–Crippen MR) is 79.9 cm³/mol. The SMILES string of the molecule is CC1=Cc2cc3c(C)cc(C)cc3cc2CC1C. The molecule has 0 amide bonds. The third-order valence-corrected chi connectivity index (χ3v) is 4.25. The van der Waals surface area contributed by atoms with Crippen molar-refractivity contribution in [1.82, 2.24) is 0 Å². The van der Waals surface area contributed by atoms with Gasteiger partial charge in [0, 0.05) is 0 Å². The van der Waals surface area contributed by atoms with Crippen LogP contribution in [0.4, 0.5) is 0 Å². The molecular formula is C18H20. The van der Waals surface area contributed by atoms with Crippen LogP contribution in [-0.4, -0.2) is 0 Å². The van der Waals surface area contributed by atoms with Gasteiger partial charge in [0.05, 0.1) is 0 Å². The van der Waals surface area contributed by atoms with Crippen LogP contribution in [0.15, 0.2) is 29.8 Å². The first-order valence-corrected chi connectivity index (χ1v) is 6.76. The molecule has 18 heavy (non-hydrogen) atoms. The molecule has 0 heteroatoms. The summed E-state index contributed by atoms with van der Waals surface area (Å²) in [5.74, 6) is 0.681. The van der Waals surface area contributed by atoms with Gasteiger partial charge in [0.2, 0.25) is 0 Å². The first-order valence-electron chi connectivity index (χ1n) is 6.76. The Kier molecular flexibility index (Phi) is 2.55.